The zero-order valence-electron chi connectivity index (χ0n) is 12.3. The van der Waals surface area contributed by atoms with E-state index >= 15 is 0 Å². The quantitative estimate of drug-likeness (QED) is 0.653. The van der Waals surface area contributed by atoms with Gasteiger partial charge in [-0.25, -0.2) is 9.71 Å². The van der Waals surface area contributed by atoms with E-state index in [0.717, 1.165) is 5.56 Å². The summed E-state index contributed by atoms with van der Waals surface area (Å²) >= 11 is 0. The third-order valence-corrected chi connectivity index (χ3v) is 3.91. The number of rotatable bonds is 4. The molecule has 5 nitrogen and oxygen atoms in total. The summed E-state index contributed by atoms with van der Waals surface area (Å²) in [6.07, 6.45) is 0. The highest BCUT2D eigenvalue weighted by atomic mass is 32.2. The second-order valence-electron chi connectivity index (χ2n) is 4.69. The van der Waals surface area contributed by atoms with Crippen LogP contribution in [0.5, 0.6) is 0 Å². The number of nitrogens with one attached hydrogen (secondary N) is 2. The highest BCUT2D eigenvalue weighted by Gasteiger charge is 2.46. The lowest BCUT2D eigenvalue weighted by atomic mass is 10.2. The van der Waals surface area contributed by atoms with Gasteiger partial charge >= 0.3 is 15.5 Å². The molecular weight excluding hydrogens is 343 g/mol. The SMILES string of the molecule is O=S(=O)(NC(=NCc1ccccc1)Nc1ccccc1)C(F)(F)F. The van der Waals surface area contributed by atoms with Crippen molar-refractivity contribution < 1.29 is 21.6 Å². The molecule has 0 amide bonds. The number of benzene rings is 2. The Kier molecular flexibility index (Phi) is 5.45. The molecule has 24 heavy (non-hydrogen) atoms. The number of halogens is 3. The van der Waals surface area contributed by atoms with Crippen LogP contribution in [-0.2, 0) is 16.6 Å². The number of nitrogens with zero attached hydrogens (tertiary/aromatic N) is 1. The minimum absolute atomic E-state index is 0.0103. The number of anilines is 1. The molecule has 2 N–H and O–H groups in total. The lowest BCUT2D eigenvalue weighted by Crippen LogP contribution is -2.43. The molecule has 2 aromatic carbocycles. The second kappa shape index (κ2) is 7.35. The lowest BCUT2D eigenvalue weighted by molar-refractivity contribution is -0.0442. The zero-order valence-corrected chi connectivity index (χ0v) is 13.1. The fourth-order valence-electron chi connectivity index (χ4n) is 1.69. The number of para-hydroxylation sites is 1. The van der Waals surface area contributed by atoms with E-state index in [1.165, 1.54) is 4.72 Å². The Bertz CT molecular complexity index is 792. The van der Waals surface area contributed by atoms with Crippen LogP contribution in [0.25, 0.3) is 0 Å². The van der Waals surface area contributed by atoms with Gasteiger partial charge in [-0.05, 0) is 17.7 Å². The summed E-state index contributed by atoms with van der Waals surface area (Å²) in [6, 6.07) is 16.9. The van der Waals surface area contributed by atoms with Crippen LogP contribution < -0.4 is 10.0 Å². The van der Waals surface area contributed by atoms with Crippen LogP contribution in [0, 0.1) is 0 Å². The molecule has 2 rings (SSSR count). The van der Waals surface area contributed by atoms with Crippen molar-refractivity contribution in [3.63, 3.8) is 0 Å². The fourth-order valence-corrected chi connectivity index (χ4v) is 2.18. The average Bonchev–Trinajstić information content (AvgIpc) is 2.53. The summed E-state index contributed by atoms with van der Waals surface area (Å²) in [5, 5.41) is 2.54. The molecule has 0 aliphatic heterocycles. The van der Waals surface area contributed by atoms with E-state index in [1.807, 2.05) is 0 Å². The summed E-state index contributed by atoms with van der Waals surface area (Å²) in [5.41, 5.74) is -4.32. The number of hydrogen-bond acceptors (Lipinski definition) is 3. The summed E-state index contributed by atoms with van der Waals surface area (Å²) in [5.74, 6) is -0.512. The maximum absolute atomic E-state index is 12.6. The summed E-state index contributed by atoms with van der Waals surface area (Å²) in [7, 11) is -5.56. The summed E-state index contributed by atoms with van der Waals surface area (Å²) < 4.78 is 61.7. The average molecular weight is 357 g/mol. The predicted octanol–water partition coefficient (Wildman–Crippen LogP) is 3.09. The monoisotopic (exact) mass is 357 g/mol. The van der Waals surface area contributed by atoms with Crippen LogP contribution in [0.2, 0.25) is 0 Å². The standard InChI is InChI=1S/C15H14F3N3O2S/c16-15(17,18)24(22,23)21-14(20-13-9-5-2-6-10-13)19-11-12-7-3-1-4-8-12/h1-10H,11H2,(H2,19,20,21). The Hall–Kier alpha value is -2.55. The predicted molar refractivity (Wildman–Crippen MR) is 85.8 cm³/mol. The Balaban J connectivity index is 2.24. The highest BCUT2D eigenvalue weighted by molar-refractivity contribution is 7.90. The first-order valence-electron chi connectivity index (χ1n) is 6.77. The zero-order chi connectivity index (χ0) is 17.6. The molecule has 0 aliphatic rings. The van der Waals surface area contributed by atoms with E-state index in [-0.39, 0.29) is 6.54 Å². The minimum atomic E-state index is -5.56. The van der Waals surface area contributed by atoms with Crippen molar-refractivity contribution >= 4 is 21.7 Å². The highest BCUT2D eigenvalue weighted by Crippen LogP contribution is 2.21. The largest absolute Gasteiger partial charge is 0.516 e. The van der Waals surface area contributed by atoms with E-state index in [4.69, 9.17) is 0 Å². The van der Waals surface area contributed by atoms with E-state index in [2.05, 4.69) is 10.3 Å². The van der Waals surface area contributed by atoms with Gasteiger partial charge in [-0.2, -0.15) is 21.6 Å². The van der Waals surface area contributed by atoms with Gasteiger partial charge in [0.1, 0.15) is 0 Å². The van der Waals surface area contributed by atoms with Crippen LogP contribution in [0.4, 0.5) is 18.9 Å². The lowest BCUT2D eigenvalue weighted by Gasteiger charge is -2.14. The van der Waals surface area contributed by atoms with Gasteiger partial charge in [0.05, 0.1) is 6.54 Å². The van der Waals surface area contributed by atoms with Gasteiger partial charge in [0.2, 0.25) is 5.96 Å². The first-order valence-corrected chi connectivity index (χ1v) is 8.26. The molecular formula is C15H14F3N3O2S. The van der Waals surface area contributed by atoms with Gasteiger partial charge in [0.25, 0.3) is 0 Å². The second-order valence-corrected chi connectivity index (χ2v) is 6.37. The first kappa shape index (κ1) is 17.8. The summed E-state index contributed by atoms with van der Waals surface area (Å²) in [6.45, 7) is 0.0103. The van der Waals surface area contributed by atoms with Crippen LogP contribution in [-0.4, -0.2) is 19.9 Å². The van der Waals surface area contributed by atoms with Gasteiger partial charge < -0.3 is 5.32 Å². The van der Waals surface area contributed by atoms with Crippen molar-refractivity contribution in [3.05, 3.63) is 66.2 Å². The number of hydrogen-bond donors (Lipinski definition) is 2. The van der Waals surface area contributed by atoms with Crippen LogP contribution >= 0.6 is 0 Å². The number of alkyl halides is 3. The number of aliphatic imine (C=N–C) groups is 1. The third-order valence-electron chi connectivity index (χ3n) is 2.83. The molecule has 128 valence electrons. The molecule has 0 saturated heterocycles. The van der Waals surface area contributed by atoms with Crippen molar-refractivity contribution in [3.8, 4) is 0 Å². The Morgan fingerprint density at radius 3 is 2.04 bits per heavy atom. The van der Waals surface area contributed by atoms with Crippen molar-refractivity contribution in [2.24, 2.45) is 4.99 Å². The normalized spacial score (nSPS) is 12.7. The summed E-state index contributed by atoms with van der Waals surface area (Å²) in [4.78, 5) is 3.90. The molecule has 0 aliphatic carbocycles. The molecule has 0 fully saturated rings. The maximum Gasteiger partial charge on any atom is 0.516 e. The van der Waals surface area contributed by atoms with E-state index < -0.39 is 21.5 Å². The van der Waals surface area contributed by atoms with Gasteiger partial charge in [0, 0.05) is 5.69 Å². The third kappa shape index (κ3) is 4.98. The van der Waals surface area contributed by atoms with E-state index in [0.29, 0.717) is 5.69 Å². The van der Waals surface area contributed by atoms with Crippen molar-refractivity contribution in [1.29, 1.82) is 0 Å². The van der Waals surface area contributed by atoms with Crippen molar-refractivity contribution in [1.82, 2.24) is 4.72 Å². The van der Waals surface area contributed by atoms with E-state index in [9.17, 15) is 21.6 Å². The maximum atomic E-state index is 12.6. The fraction of sp³-hybridized carbons (Fsp3) is 0.133. The Morgan fingerprint density at radius 1 is 0.958 bits per heavy atom. The number of guanidine groups is 1. The van der Waals surface area contributed by atoms with E-state index in [1.54, 1.807) is 60.7 Å². The molecule has 2 aromatic rings. The Labute approximate surface area is 137 Å². The minimum Gasteiger partial charge on any atom is -0.326 e. The smallest absolute Gasteiger partial charge is 0.326 e. The van der Waals surface area contributed by atoms with Gasteiger partial charge in [-0.1, -0.05) is 48.5 Å². The van der Waals surface area contributed by atoms with Crippen molar-refractivity contribution in [2.45, 2.75) is 12.1 Å². The van der Waals surface area contributed by atoms with Crippen molar-refractivity contribution in [2.75, 3.05) is 5.32 Å². The first-order chi connectivity index (χ1) is 11.3. The molecule has 9 heteroatoms. The molecule has 0 heterocycles. The molecule has 0 atom stereocenters. The topological polar surface area (TPSA) is 70.6 Å². The van der Waals surface area contributed by atoms with Crippen LogP contribution in [0.3, 0.4) is 0 Å². The molecule has 0 unspecified atom stereocenters. The Morgan fingerprint density at radius 2 is 1.50 bits per heavy atom. The van der Waals surface area contributed by atoms with Gasteiger partial charge in [-0.3, -0.25) is 0 Å². The molecule has 0 saturated carbocycles. The molecule has 0 radical (unpaired) electrons. The van der Waals surface area contributed by atoms with Crippen LogP contribution in [0.1, 0.15) is 5.56 Å². The molecule has 0 aromatic heterocycles. The number of sulfonamides is 1. The van der Waals surface area contributed by atoms with Gasteiger partial charge in [-0.15, -0.1) is 0 Å². The van der Waals surface area contributed by atoms with Gasteiger partial charge in [0.15, 0.2) is 0 Å². The van der Waals surface area contributed by atoms with Crippen LogP contribution in [0.15, 0.2) is 65.7 Å². The molecule has 0 bridgehead atoms. The molecule has 0 spiro atoms.